The van der Waals surface area contributed by atoms with Gasteiger partial charge in [-0.2, -0.15) is 4.73 Å². The number of benzene rings is 2. The summed E-state index contributed by atoms with van der Waals surface area (Å²) in [7, 11) is -1.36. The molecule has 21 heavy (non-hydrogen) atoms. The first-order valence-corrected chi connectivity index (χ1v) is 8.02. The zero-order chi connectivity index (χ0) is 14.8. The molecular formula is C17H15NO2S. The topological polar surface area (TPSA) is 44.0 Å². The van der Waals surface area contributed by atoms with E-state index in [0.29, 0.717) is 15.5 Å². The SMILES string of the molecule is Cc1ccc2ccccc2c1CS(=O)c1cccc[n+]1[O-]. The lowest BCUT2D eigenvalue weighted by molar-refractivity contribution is -0.646. The predicted molar refractivity (Wildman–Crippen MR) is 84.2 cm³/mol. The molecule has 1 heterocycles. The highest BCUT2D eigenvalue weighted by Gasteiger charge is 2.16. The number of pyridine rings is 1. The van der Waals surface area contributed by atoms with Crippen LogP contribution in [-0.2, 0) is 16.6 Å². The Balaban J connectivity index is 2.04. The summed E-state index contributed by atoms with van der Waals surface area (Å²) in [5, 5.41) is 14.2. The van der Waals surface area contributed by atoms with Crippen LogP contribution in [0.25, 0.3) is 10.8 Å². The summed E-state index contributed by atoms with van der Waals surface area (Å²) in [5.41, 5.74) is 2.13. The van der Waals surface area contributed by atoms with Gasteiger partial charge < -0.3 is 5.21 Å². The van der Waals surface area contributed by atoms with E-state index in [4.69, 9.17) is 0 Å². The Morgan fingerprint density at radius 3 is 2.62 bits per heavy atom. The van der Waals surface area contributed by atoms with E-state index >= 15 is 0 Å². The average Bonchev–Trinajstić information content (AvgIpc) is 2.50. The zero-order valence-corrected chi connectivity index (χ0v) is 12.5. The van der Waals surface area contributed by atoms with E-state index in [1.165, 1.54) is 6.20 Å². The van der Waals surface area contributed by atoms with Gasteiger partial charge >= 0.3 is 0 Å². The number of aryl methyl sites for hydroxylation is 1. The third-order valence-electron chi connectivity index (χ3n) is 3.57. The van der Waals surface area contributed by atoms with Crippen LogP contribution in [0.3, 0.4) is 0 Å². The molecule has 0 spiro atoms. The summed E-state index contributed by atoms with van der Waals surface area (Å²) in [5.74, 6) is 0.347. The van der Waals surface area contributed by atoms with Crippen molar-refractivity contribution in [1.82, 2.24) is 0 Å². The molecule has 2 aromatic carbocycles. The first-order valence-electron chi connectivity index (χ1n) is 6.70. The van der Waals surface area contributed by atoms with Crippen molar-refractivity contribution in [1.29, 1.82) is 0 Å². The second-order valence-electron chi connectivity index (χ2n) is 4.94. The summed E-state index contributed by atoms with van der Waals surface area (Å²) in [6.45, 7) is 2.01. The molecule has 1 atom stereocenters. The van der Waals surface area contributed by atoms with E-state index in [1.54, 1.807) is 18.2 Å². The molecule has 106 valence electrons. The minimum absolute atomic E-state index is 0.296. The summed E-state index contributed by atoms with van der Waals surface area (Å²) < 4.78 is 13.2. The monoisotopic (exact) mass is 297 g/mol. The Labute approximate surface area is 125 Å². The third kappa shape index (κ3) is 2.67. The smallest absolute Gasteiger partial charge is 0.281 e. The number of nitrogens with zero attached hydrogens (tertiary/aromatic N) is 1. The largest absolute Gasteiger partial charge is 0.618 e. The van der Waals surface area contributed by atoms with Gasteiger partial charge in [0.1, 0.15) is 10.8 Å². The van der Waals surface area contributed by atoms with Gasteiger partial charge in [0.15, 0.2) is 6.20 Å². The Morgan fingerprint density at radius 1 is 1.05 bits per heavy atom. The van der Waals surface area contributed by atoms with Crippen LogP contribution in [0.1, 0.15) is 11.1 Å². The van der Waals surface area contributed by atoms with Gasteiger partial charge in [-0.1, -0.05) is 36.4 Å². The molecule has 1 unspecified atom stereocenters. The van der Waals surface area contributed by atoms with Crippen molar-refractivity contribution in [3.63, 3.8) is 0 Å². The van der Waals surface area contributed by atoms with Gasteiger partial charge in [0, 0.05) is 12.1 Å². The lowest BCUT2D eigenvalue weighted by atomic mass is 10.0. The molecule has 0 amide bonds. The Hall–Kier alpha value is -2.20. The highest BCUT2D eigenvalue weighted by atomic mass is 32.2. The van der Waals surface area contributed by atoms with Crippen molar-refractivity contribution in [3.05, 3.63) is 77.1 Å². The number of hydrogen-bond acceptors (Lipinski definition) is 2. The molecule has 0 bridgehead atoms. The summed E-state index contributed by atoms with van der Waals surface area (Å²) in [6, 6.07) is 17.1. The van der Waals surface area contributed by atoms with E-state index in [0.717, 1.165) is 21.9 Å². The molecule has 0 saturated heterocycles. The van der Waals surface area contributed by atoms with E-state index in [9.17, 15) is 9.42 Å². The third-order valence-corrected chi connectivity index (χ3v) is 4.91. The van der Waals surface area contributed by atoms with Crippen LogP contribution in [0.5, 0.6) is 0 Å². The second kappa shape index (κ2) is 5.66. The summed E-state index contributed by atoms with van der Waals surface area (Å²) in [4.78, 5) is 0. The van der Waals surface area contributed by atoms with Crippen molar-refractivity contribution in [2.75, 3.05) is 0 Å². The van der Waals surface area contributed by atoms with Crippen molar-refractivity contribution < 1.29 is 8.94 Å². The molecule has 0 aliphatic heterocycles. The van der Waals surface area contributed by atoms with Crippen LogP contribution < -0.4 is 4.73 Å². The molecule has 0 N–H and O–H groups in total. The van der Waals surface area contributed by atoms with Crippen LogP contribution in [-0.4, -0.2) is 4.21 Å². The molecule has 3 nitrogen and oxygen atoms in total. The van der Waals surface area contributed by atoms with Crippen LogP contribution in [0.4, 0.5) is 0 Å². The molecule has 0 aliphatic rings. The standard InChI is InChI=1S/C17H15NO2S/c1-13-9-10-14-6-2-3-7-15(14)16(13)12-21(20)17-8-4-5-11-18(17)19/h2-11H,12H2,1H3. The Bertz CT molecular complexity index is 830. The minimum Gasteiger partial charge on any atom is -0.618 e. The highest BCUT2D eigenvalue weighted by molar-refractivity contribution is 7.84. The first-order chi connectivity index (χ1) is 10.2. The molecule has 1 aromatic heterocycles. The van der Waals surface area contributed by atoms with Crippen LogP contribution in [0.15, 0.2) is 65.8 Å². The molecule has 0 aliphatic carbocycles. The van der Waals surface area contributed by atoms with Crippen LogP contribution >= 0.6 is 0 Å². The fraction of sp³-hybridized carbons (Fsp3) is 0.118. The maximum atomic E-state index is 12.5. The van der Waals surface area contributed by atoms with Crippen molar-refractivity contribution in [2.24, 2.45) is 0 Å². The number of rotatable bonds is 3. The molecule has 0 radical (unpaired) electrons. The van der Waals surface area contributed by atoms with Crippen molar-refractivity contribution in [3.8, 4) is 0 Å². The van der Waals surface area contributed by atoms with Gasteiger partial charge in [-0.05, 0) is 34.9 Å². The maximum Gasteiger partial charge on any atom is 0.281 e. The lowest BCUT2D eigenvalue weighted by Crippen LogP contribution is -2.31. The predicted octanol–water partition coefficient (Wildman–Crippen LogP) is 3.09. The average molecular weight is 297 g/mol. The van der Waals surface area contributed by atoms with E-state index in [1.807, 2.05) is 37.3 Å². The fourth-order valence-corrected chi connectivity index (χ4v) is 3.72. The van der Waals surface area contributed by atoms with E-state index in [-0.39, 0.29) is 0 Å². The lowest BCUT2D eigenvalue weighted by Gasteiger charge is -2.10. The van der Waals surface area contributed by atoms with Gasteiger partial charge in [0.25, 0.3) is 5.03 Å². The number of fused-ring (bicyclic) bond motifs is 1. The van der Waals surface area contributed by atoms with Gasteiger partial charge in [0.2, 0.25) is 0 Å². The number of aromatic nitrogens is 1. The molecule has 0 fully saturated rings. The number of hydrogen-bond donors (Lipinski definition) is 0. The van der Waals surface area contributed by atoms with Crippen LogP contribution in [0.2, 0.25) is 0 Å². The Morgan fingerprint density at radius 2 is 1.81 bits per heavy atom. The maximum absolute atomic E-state index is 12.5. The summed E-state index contributed by atoms with van der Waals surface area (Å²) in [6.07, 6.45) is 1.38. The van der Waals surface area contributed by atoms with Gasteiger partial charge in [-0.15, -0.1) is 0 Å². The second-order valence-corrected chi connectivity index (χ2v) is 6.33. The molecular weight excluding hydrogens is 282 g/mol. The Kier molecular flexibility index (Phi) is 3.71. The van der Waals surface area contributed by atoms with Gasteiger partial charge in [-0.25, -0.2) is 4.21 Å². The van der Waals surface area contributed by atoms with E-state index in [2.05, 4.69) is 6.07 Å². The normalized spacial score (nSPS) is 12.4. The first kappa shape index (κ1) is 13.8. The van der Waals surface area contributed by atoms with Gasteiger partial charge in [0.05, 0.1) is 5.75 Å². The zero-order valence-electron chi connectivity index (χ0n) is 11.7. The molecule has 4 heteroatoms. The van der Waals surface area contributed by atoms with E-state index < -0.39 is 10.8 Å². The quantitative estimate of drug-likeness (QED) is 0.551. The molecule has 3 rings (SSSR count). The van der Waals surface area contributed by atoms with Crippen molar-refractivity contribution >= 4 is 21.6 Å². The van der Waals surface area contributed by atoms with Gasteiger partial charge in [-0.3, -0.25) is 0 Å². The van der Waals surface area contributed by atoms with Crippen molar-refractivity contribution in [2.45, 2.75) is 17.7 Å². The highest BCUT2D eigenvalue weighted by Crippen LogP contribution is 2.24. The minimum atomic E-state index is -1.36. The fourth-order valence-electron chi connectivity index (χ4n) is 2.43. The summed E-state index contributed by atoms with van der Waals surface area (Å²) >= 11 is 0. The molecule has 0 saturated carbocycles. The van der Waals surface area contributed by atoms with Crippen LogP contribution in [0, 0.1) is 12.1 Å². The molecule has 3 aromatic rings.